The minimum atomic E-state index is -0.476. The number of pyridine rings is 1. The van der Waals surface area contributed by atoms with Crippen LogP contribution >= 0.6 is 11.6 Å². The zero-order valence-corrected chi connectivity index (χ0v) is 13.8. The minimum absolute atomic E-state index is 0.383. The third-order valence-corrected chi connectivity index (χ3v) is 4.31. The lowest BCUT2D eigenvalue weighted by Crippen LogP contribution is -2.41. The molecule has 4 nitrogen and oxygen atoms in total. The van der Waals surface area contributed by atoms with Crippen LogP contribution in [0.5, 0.6) is 0 Å². The van der Waals surface area contributed by atoms with Crippen molar-refractivity contribution in [3.8, 4) is 0 Å². The third-order valence-electron chi connectivity index (χ3n) is 4.01. The van der Waals surface area contributed by atoms with Gasteiger partial charge in [0.05, 0.1) is 11.2 Å². The largest absolute Gasteiger partial charge is 0.498 e. The van der Waals surface area contributed by atoms with Gasteiger partial charge in [-0.3, -0.25) is 0 Å². The molecule has 0 N–H and O–H groups in total. The Balaban J connectivity index is 2.39. The molecular weight excluding hydrogens is 274 g/mol. The molecule has 0 unspecified atom stereocenters. The van der Waals surface area contributed by atoms with Crippen LogP contribution in [-0.2, 0) is 15.9 Å². The van der Waals surface area contributed by atoms with Crippen LogP contribution in [-0.4, -0.2) is 42.3 Å². The summed E-state index contributed by atoms with van der Waals surface area (Å²) >= 11 is 6.29. The Morgan fingerprint density at radius 1 is 1.20 bits per heavy atom. The molecule has 1 aromatic rings. The summed E-state index contributed by atoms with van der Waals surface area (Å²) in [6, 6.07) is 1.96. The molecule has 1 aromatic heterocycles. The number of aromatic nitrogens is 1. The van der Waals surface area contributed by atoms with Crippen molar-refractivity contribution in [3.63, 3.8) is 0 Å². The number of halogens is 1. The SMILES string of the molecule is CN(C)Cc1ccnc(Cl)c1B1OC(C)(C)C(C)(C)O1. The summed E-state index contributed by atoms with van der Waals surface area (Å²) in [7, 11) is 3.56. The smallest absolute Gasteiger partial charge is 0.399 e. The molecule has 110 valence electrons. The van der Waals surface area contributed by atoms with Crippen molar-refractivity contribution < 1.29 is 9.31 Å². The van der Waals surface area contributed by atoms with Crippen molar-refractivity contribution in [2.24, 2.45) is 0 Å². The first-order valence-electron chi connectivity index (χ1n) is 6.78. The summed E-state index contributed by atoms with van der Waals surface area (Å²) in [5, 5.41) is 0.447. The highest BCUT2D eigenvalue weighted by atomic mass is 35.5. The van der Waals surface area contributed by atoms with Gasteiger partial charge in [-0.25, -0.2) is 4.98 Å². The highest BCUT2D eigenvalue weighted by Crippen LogP contribution is 2.37. The van der Waals surface area contributed by atoms with Gasteiger partial charge in [0.2, 0.25) is 0 Å². The lowest BCUT2D eigenvalue weighted by Gasteiger charge is -2.32. The van der Waals surface area contributed by atoms with Gasteiger partial charge in [0.25, 0.3) is 0 Å². The van der Waals surface area contributed by atoms with Gasteiger partial charge in [-0.2, -0.15) is 0 Å². The first-order valence-corrected chi connectivity index (χ1v) is 7.15. The van der Waals surface area contributed by atoms with Gasteiger partial charge in [0.1, 0.15) is 5.15 Å². The molecule has 0 saturated carbocycles. The number of rotatable bonds is 3. The van der Waals surface area contributed by atoms with E-state index in [1.807, 2.05) is 47.9 Å². The maximum absolute atomic E-state index is 6.29. The highest BCUT2D eigenvalue weighted by Gasteiger charge is 2.52. The van der Waals surface area contributed by atoms with E-state index in [1.165, 1.54) is 0 Å². The Morgan fingerprint density at radius 2 is 1.75 bits per heavy atom. The first kappa shape index (κ1) is 15.8. The molecule has 6 heteroatoms. The molecule has 0 aliphatic carbocycles. The van der Waals surface area contributed by atoms with E-state index in [0.29, 0.717) is 5.15 Å². The van der Waals surface area contributed by atoms with Gasteiger partial charge in [-0.1, -0.05) is 11.6 Å². The third kappa shape index (κ3) is 2.86. The molecule has 0 bridgehead atoms. The second kappa shape index (κ2) is 5.30. The first-order chi connectivity index (χ1) is 9.14. The minimum Gasteiger partial charge on any atom is -0.399 e. The molecule has 2 rings (SSSR count). The standard InChI is InChI=1S/C14H22BClN2O2/c1-13(2)14(3,4)20-15(19-13)11-10(9-18(5)6)7-8-17-12(11)16/h7-8H,9H2,1-6H3. The summed E-state index contributed by atoms with van der Waals surface area (Å²) < 4.78 is 12.2. The summed E-state index contributed by atoms with van der Waals surface area (Å²) in [5.74, 6) is 0. The second-order valence-corrected chi connectivity index (χ2v) is 6.86. The lowest BCUT2D eigenvalue weighted by atomic mass is 9.77. The van der Waals surface area contributed by atoms with Crippen LogP contribution < -0.4 is 5.46 Å². The normalized spacial score (nSPS) is 20.7. The molecule has 0 spiro atoms. The topological polar surface area (TPSA) is 34.6 Å². The monoisotopic (exact) mass is 296 g/mol. The molecule has 2 heterocycles. The van der Waals surface area contributed by atoms with Gasteiger partial charge >= 0.3 is 7.12 Å². The molecule has 0 radical (unpaired) electrons. The van der Waals surface area contributed by atoms with Crippen molar-refractivity contribution in [2.75, 3.05) is 14.1 Å². The zero-order chi connectivity index (χ0) is 15.1. The van der Waals surface area contributed by atoms with E-state index in [2.05, 4.69) is 9.88 Å². The molecule has 0 aromatic carbocycles. The van der Waals surface area contributed by atoms with Crippen molar-refractivity contribution in [2.45, 2.75) is 45.4 Å². The van der Waals surface area contributed by atoms with Gasteiger partial charge in [-0.15, -0.1) is 0 Å². The fourth-order valence-electron chi connectivity index (χ4n) is 2.17. The van der Waals surface area contributed by atoms with Crippen molar-refractivity contribution in [1.82, 2.24) is 9.88 Å². The van der Waals surface area contributed by atoms with E-state index < -0.39 is 7.12 Å². The highest BCUT2D eigenvalue weighted by molar-refractivity contribution is 6.66. The summed E-state index contributed by atoms with van der Waals surface area (Å²) in [6.07, 6.45) is 1.72. The van der Waals surface area contributed by atoms with E-state index in [-0.39, 0.29) is 11.2 Å². The number of hydrogen-bond acceptors (Lipinski definition) is 4. The molecule has 1 aliphatic rings. The second-order valence-electron chi connectivity index (χ2n) is 6.50. The lowest BCUT2D eigenvalue weighted by molar-refractivity contribution is 0.00578. The van der Waals surface area contributed by atoms with Crippen LogP contribution in [0.1, 0.15) is 33.3 Å². The Kier molecular flexibility index (Phi) is 4.18. The maximum Gasteiger partial charge on any atom is 0.498 e. The van der Waals surface area contributed by atoms with E-state index in [0.717, 1.165) is 17.6 Å². The fourth-order valence-corrected chi connectivity index (χ4v) is 2.44. The summed E-state index contributed by atoms with van der Waals surface area (Å²) in [4.78, 5) is 6.26. The van der Waals surface area contributed by atoms with Crippen LogP contribution in [0, 0.1) is 0 Å². The Morgan fingerprint density at radius 3 is 2.25 bits per heavy atom. The van der Waals surface area contributed by atoms with Gasteiger partial charge in [-0.05, 0) is 53.4 Å². The van der Waals surface area contributed by atoms with E-state index in [4.69, 9.17) is 20.9 Å². The van der Waals surface area contributed by atoms with E-state index >= 15 is 0 Å². The summed E-state index contributed by atoms with van der Waals surface area (Å²) in [5.41, 5.74) is 1.15. The fraction of sp³-hybridized carbons (Fsp3) is 0.643. The molecule has 0 atom stereocenters. The van der Waals surface area contributed by atoms with Crippen molar-refractivity contribution in [1.29, 1.82) is 0 Å². The van der Waals surface area contributed by atoms with Crippen LogP contribution in [0.4, 0.5) is 0 Å². The Labute approximate surface area is 126 Å². The average molecular weight is 297 g/mol. The van der Waals surface area contributed by atoms with Crippen LogP contribution in [0.3, 0.4) is 0 Å². The van der Waals surface area contributed by atoms with Crippen LogP contribution in [0.2, 0.25) is 5.15 Å². The van der Waals surface area contributed by atoms with E-state index in [1.54, 1.807) is 6.20 Å². The molecule has 0 amide bonds. The average Bonchev–Trinajstić information content (AvgIpc) is 2.46. The quantitative estimate of drug-likeness (QED) is 0.632. The molecule has 1 fully saturated rings. The van der Waals surface area contributed by atoms with Crippen LogP contribution in [0.25, 0.3) is 0 Å². The Bertz CT molecular complexity index is 490. The molecular formula is C14H22BClN2O2. The van der Waals surface area contributed by atoms with Gasteiger partial charge in [0.15, 0.2) is 0 Å². The number of hydrogen-bond donors (Lipinski definition) is 0. The molecule has 1 saturated heterocycles. The Hall–Kier alpha value is -0.615. The molecule has 20 heavy (non-hydrogen) atoms. The van der Waals surface area contributed by atoms with Crippen molar-refractivity contribution >= 4 is 24.2 Å². The zero-order valence-electron chi connectivity index (χ0n) is 13.0. The van der Waals surface area contributed by atoms with Gasteiger partial charge < -0.3 is 14.2 Å². The predicted molar refractivity (Wildman–Crippen MR) is 82.4 cm³/mol. The predicted octanol–water partition coefficient (Wildman–Crippen LogP) is 2.10. The molecule has 1 aliphatic heterocycles. The summed E-state index contributed by atoms with van der Waals surface area (Å²) in [6.45, 7) is 8.89. The maximum atomic E-state index is 6.29. The number of nitrogens with zero attached hydrogens (tertiary/aromatic N) is 2. The van der Waals surface area contributed by atoms with Crippen molar-refractivity contribution in [3.05, 3.63) is 23.0 Å². The van der Waals surface area contributed by atoms with Crippen LogP contribution in [0.15, 0.2) is 12.3 Å². The van der Waals surface area contributed by atoms with Gasteiger partial charge in [0, 0.05) is 18.2 Å². The van der Waals surface area contributed by atoms with E-state index in [9.17, 15) is 0 Å².